The monoisotopic (exact) mass is 421 g/mol. The van der Waals surface area contributed by atoms with Crippen molar-refractivity contribution in [1.29, 1.82) is 0 Å². The molecule has 8 heteroatoms. The lowest BCUT2D eigenvalue weighted by molar-refractivity contribution is 0.0952. The molecule has 2 heterocycles. The Balaban J connectivity index is 1.66. The molecular formula is C18H20BrN3O4. The Labute approximate surface area is 159 Å². The second-order valence-corrected chi connectivity index (χ2v) is 6.47. The second kappa shape index (κ2) is 8.86. The van der Waals surface area contributed by atoms with Crippen LogP contribution in [-0.2, 0) is 11.3 Å². The van der Waals surface area contributed by atoms with E-state index in [1.165, 1.54) is 0 Å². The number of aryl methyl sites for hydroxylation is 1. The molecular weight excluding hydrogens is 402 g/mol. The van der Waals surface area contributed by atoms with Crippen molar-refractivity contribution in [2.24, 2.45) is 0 Å². The van der Waals surface area contributed by atoms with Gasteiger partial charge in [-0.3, -0.25) is 4.79 Å². The molecule has 1 N–H and O–H groups in total. The number of methoxy groups -OCH3 is 1. The Morgan fingerprint density at radius 1 is 1.35 bits per heavy atom. The van der Waals surface area contributed by atoms with E-state index >= 15 is 0 Å². The average molecular weight is 422 g/mol. The molecule has 0 spiro atoms. The molecule has 0 saturated heterocycles. The largest absolute Gasteiger partial charge is 0.490 e. The van der Waals surface area contributed by atoms with Crippen molar-refractivity contribution in [3.63, 3.8) is 0 Å². The third kappa shape index (κ3) is 4.64. The number of hydrogen-bond acceptors (Lipinski definition) is 5. The molecule has 0 radical (unpaired) electrons. The number of halogens is 1. The Morgan fingerprint density at radius 2 is 2.23 bits per heavy atom. The molecule has 0 saturated carbocycles. The van der Waals surface area contributed by atoms with Gasteiger partial charge >= 0.3 is 0 Å². The van der Waals surface area contributed by atoms with Crippen molar-refractivity contribution in [1.82, 2.24) is 14.9 Å². The number of benzene rings is 1. The summed E-state index contributed by atoms with van der Waals surface area (Å²) in [6, 6.07) is 5.27. The molecule has 3 aromatic rings. The van der Waals surface area contributed by atoms with E-state index in [-0.39, 0.29) is 5.91 Å². The van der Waals surface area contributed by atoms with E-state index in [1.54, 1.807) is 31.8 Å². The maximum atomic E-state index is 12.5. The van der Waals surface area contributed by atoms with E-state index in [0.717, 1.165) is 18.4 Å². The van der Waals surface area contributed by atoms with Crippen LogP contribution in [0, 0.1) is 0 Å². The second-order valence-electron chi connectivity index (χ2n) is 5.69. The van der Waals surface area contributed by atoms with Crippen LogP contribution < -0.4 is 10.1 Å². The Kier molecular flexibility index (Phi) is 6.30. The number of furan rings is 1. The van der Waals surface area contributed by atoms with Gasteiger partial charge in [0.15, 0.2) is 4.67 Å². The van der Waals surface area contributed by atoms with Gasteiger partial charge in [-0.2, -0.15) is 0 Å². The summed E-state index contributed by atoms with van der Waals surface area (Å²) in [5, 5.41) is 3.73. The summed E-state index contributed by atoms with van der Waals surface area (Å²) in [7, 11) is 1.61. The smallest absolute Gasteiger partial charge is 0.251 e. The van der Waals surface area contributed by atoms with Gasteiger partial charge in [0.1, 0.15) is 17.9 Å². The predicted molar refractivity (Wildman–Crippen MR) is 100 cm³/mol. The number of rotatable bonds is 9. The van der Waals surface area contributed by atoms with E-state index in [4.69, 9.17) is 13.9 Å². The lowest BCUT2D eigenvalue weighted by atomic mass is 10.1. The number of fused-ring (bicyclic) bond motifs is 1. The SMILES string of the molecule is COCCOc1cc(C(=O)NCCCn2ccnc2)cc2oc(Br)cc12. The van der Waals surface area contributed by atoms with Crippen molar-refractivity contribution in [3.8, 4) is 5.75 Å². The molecule has 0 fully saturated rings. The Bertz CT molecular complexity index is 861. The molecule has 0 aliphatic rings. The van der Waals surface area contributed by atoms with Gasteiger partial charge in [0.2, 0.25) is 0 Å². The lowest BCUT2D eigenvalue weighted by Gasteiger charge is -2.10. The predicted octanol–water partition coefficient (Wildman–Crippen LogP) is 3.24. The fraction of sp³-hybridized carbons (Fsp3) is 0.333. The molecule has 138 valence electrons. The van der Waals surface area contributed by atoms with Gasteiger partial charge in [-0.25, -0.2) is 4.98 Å². The summed E-state index contributed by atoms with van der Waals surface area (Å²) in [5.41, 5.74) is 1.09. The van der Waals surface area contributed by atoms with Gasteiger partial charge in [-0.1, -0.05) is 0 Å². The Hall–Kier alpha value is -2.32. The van der Waals surface area contributed by atoms with Crippen molar-refractivity contribution in [2.45, 2.75) is 13.0 Å². The average Bonchev–Trinajstić information content (AvgIpc) is 3.27. The molecule has 1 aromatic carbocycles. The number of carbonyl (C=O) groups is 1. The van der Waals surface area contributed by atoms with Crippen LogP contribution in [0.3, 0.4) is 0 Å². The molecule has 26 heavy (non-hydrogen) atoms. The highest BCUT2D eigenvalue weighted by molar-refractivity contribution is 9.10. The topological polar surface area (TPSA) is 78.5 Å². The van der Waals surface area contributed by atoms with Crippen LogP contribution in [0.4, 0.5) is 0 Å². The van der Waals surface area contributed by atoms with Crippen molar-refractivity contribution in [3.05, 3.63) is 47.2 Å². The molecule has 0 bridgehead atoms. The van der Waals surface area contributed by atoms with Gasteiger partial charge < -0.3 is 23.8 Å². The minimum atomic E-state index is -0.165. The molecule has 0 aliphatic carbocycles. The highest BCUT2D eigenvalue weighted by atomic mass is 79.9. The first-order valence-corrected chi connectivity index (χ1v) is 9.05. The molecule has 0 aliphatic heterocycles. The van der Waals surface area contributed by atoms with Crippen LogP contribution in [0.1, 0.15) is 16.8 Å². The standard InChI is InChI=1S/C18H20BrN3O4/c1-24-7-8-25-15-9-13(10-16-14(15)11-17(19)26-16)18(23)21-3-2-5-22-6-4-20-12-22/h4,6,9-12H,2-3,5,7-8H2,1H3,(H,21,23). The lowest BCUT2D eigenvalue weighted by Crippen LogP contribution is -2.25. The van der Waals surface area contributed by atoms with E-state index in [1.807, 2.05) is 16.8 Å². The van der Waals surface area contributed by atoms with Crippen LogP contribution in [0.15, 0.2) is 46.0 Å². The number of ether oxygens (including phenoxy) is 2. The molecule has 7 nitrogen and oxygen atoms in total. The molecule has 0 unspecified atom stereocenters. The summed E-state index contributed by atoms with van der Waals surface area (Å²) < 4.78 is 18.9. The molecule has 3 rings (SSSR count). The molecule has 1 amide bonds. The quantitative estimate of drug-likeness (QED) is 0.536. The minimum absolute atomic E-state index is 0.165. The normalized spacial score (nSPS) is 11.0. The maximum Gasteiger partial charge on any atom is 0.251 e. The molecule has 0 atom stereocenters. The van der Waals surface area contributed by atoms with Crippen molar-refractivity contribution >= 4 is 32.8 Å². The third-order valence-electron chi connectivity index (χ3n) is 3.81. The van der Waals surface area contributed by atoms with E-state index in [0.29, 0.717) is 41.3 Å². The summed E-state index contributed by atoms with van der Waals surface area (Å²) in [4.78, 5) is 16.5. The number of imidazole rings is 1. The zero-order chi connectivity index (χ0) is 18.4. The number of nitrogens with one attached hydrogen (secondary N) is 1. The zero-order valence-electron chi connectivity index (χ0n) is 14.4. The fourth-order valence-corrected chi connectivity index (χ4v) is 2.95. The number of nitrogens with zero attached hydrogens (tertiary/aromatic N) is 2. The highest BCUT2D eigenvalue weighted by Gasteiger charge is 2.14. The number of hydrogen-bond donors (Lipinski definition) is 1. The van der Waals surface area contributed by atoms with Crippen LogP contribution >= 0.6 is 15.9 Å². The zero-order valence-corrected chi connectivity index (χ0v) is 16.0. The Morgan fingerprint density at radius 3 is 3.00 bits per heavy atom. The third-order valence-corrected chi connectivity index (χ3v) is 4.21. The van der Waals surface area contributed by atoms with Crippen LogP contribution in [0.2, 0.25) is 0 Å². The highest BCUT2D eigenvalue weighted by Crippen LogP contribution is 2.32. The minimum Gasteiger partial charge on any atom is -0.490 e. The summed E-state index contributed by atoms with van der Waals surface area (Å²) in [6.45, 7) is 2.22. The first kappa shape index (κ1) is 18.5. The van der Waals surface area contributed by atoms with Crippen molar-refractivity contribution in [2.75, 3.05) is 26.9 Å². The van der Waals surface area contributed by atoms with Gasteiger partial charge in [0.25, 0.3) is 5.91 Å². The summed E-state index contributed by atoms with van der Waals surface area (Å²) in [5.74, 6) is 0.430. The van der Waals surface area contributed by atoms with Gasteiger partial charge in [0.05, 0.1) is 18.3 Å². The number of carbonyl (C=O) groups excluding carboxylic acids is 1. The summed E-state index contributed by atoms with van der Waals surface area (Å²) >= 11 is 3.32. The number of aromatic nitrogens is 2. The van der Waals surface area contributed by atoms with E-state index < -0.39 is 0 Å². The summed E-state index contributed by atoms with van der Waals surface area (Å²) in [6.07, 6.45) is 6.20. The maximum absolute atomic E-state index is 12.5. The van der Waals surface area contributed by atoms with Gasteiger partial charge in [-0.15, -0.1) is 0 Å². The first-order chi connectivity index (χ1) is 12.7. The fourth-order valence-electron chi connectivity index (χ4n) is 2.55. The van der Waals surface area contributed by atoms with E-state index in [9.17, 15) is 4.79 Å². The van der Waals surface area contributed by atoms with Crippen LogP contribution in [0.25, 0.3) is 11.0 Å². The van der Waals surface area contributed by atoms with Crippen LogP contribution in [0.5, 0.6) is 5.75 Å². The van der Waals surface area contributed by atoms with Gasteiger partial charge in [-0.05, 0) is 34.5 Å². The van der Waals surface area contributed by atoms with Gasteiger partial charge in [0, 0.05) is 44.2 Å². The molecule has 2 aromatic heterocycles. The van der Waals surface area contributed by atoms with Crippen LogP contribution in [-0.4, -0.2) is 42.3 Å². The first-order valence-electron chi connectivity index (χ1n) is 8.26. The number of amides is 1. The van der Waals surface area contributed by atoms with E-state index in [2.05, 4.69) is 26.2 Å². The van der Waals surface area contributed by atoms with Crippen molar-refractivity contribution < 1.29 is 18.7 Å².